The third-order valence-electron chi connectivity index (χ3n) is 4.04. The van der Waals surface area contributed by atoms with Crippen molar-refractivity contribution in [2.45, 2.75) is 56.0 Å². The lowest BCUT2D eigenvalue weighted by molar-refractivity contribution is 0.576. The van der Waals surface area contributed by atoms with E-state index in [1.54, 1.807) is 11.8 Å². The van der Waals surface area contributed by atoms with Crippen LogP contribution in [0.25, 0.3) is 0 Å². The van der Waals surface area contributed by atoms with Crippen molar-refractivity contribution in [1.29, 1.82) is 0 Å². The molecule has 0 spiro atoms. The molecule has 3 nitrogen and oxygen atoms in total. The van der Waals surface area contributed by atoms with Crippen LogP contribution < -0.4 is 0 Å². The third-order valence-corrected chi connectivity index (χ3v) is 5.57. The molecule has 1 aromatic carbocycles. The zero-order chi connectivity index (χ0) is 14.7. The van der Waals surface area contributed by atoms with Crippen LogP contribution in [0.2, 0.25) is 0 Å². The molecule has 0 N–H and O–H groups in total. The largest absolute Gasteiger partial charge is 0.306 e. The summed E-state index contributed by atoms with van der Waals surface area (Å²) in [5.41, 5.74) is 1.31. The summed E-state index contributed by atoms with van der Waals surface area (Å²) in [6.07, 6.45) is 5.21. The van der Waals surface area contributed by atoms with Gasteiger partial charge in [-0.3, -0.25) is 0 Å². The van der Waals surface area contributed by atoms with Crippen LogP contribution in [0.4, 0.5) is 0 Å². The SMILES string of the molecule is CCn1c(SCc2cccc(Br)c2)nnc1C1CCCC1. The van der Waals surface area contributed by atoms with Gasteiger partial charge in [0.15, 0.2) is 5.16 Å². The van der Waals surface area contributed by atoms with Crippen molar-refractivity contribution < 1.29 is 0 Å². The zero-order valence-corrected chi connectivity index (χ0v) is 14.7. The quantitative estimate of drug-likeness (QED) is 0.697. The van der Waals surface area contributed by atoms with Crippen LogP contribution in [-0.4, -0.2) is 14.8 Å². The Hall–Kier alpha value is -0.810. The van der Waals surface area contributed by atoms with E-state index >= 15 is 0 Å². The highest BCUT2D eigenvalue weighted by Gasteiger charge is 2.23. The molecule has 1 aliphatic carbocycles. The average Bonchev–Trinajstić information content (AvgIpc) is 3.13. The number of hydrogen-bond donors (Lipinski definition) is 0. The number of nitrogens with zero attached hydrogens (tertiary/aromatic N) is 3. The summed E-state index contributed by atoms with van der Waals surface area (Å²) in [5.74, 6) is 2.76. The maximum Gasteiger partial charge on any atom is 0.191 e. The molecule has 1 saturated carbocycles. The topological polar surface area (TPSA) is 30.7 Å². The maximum absolute atomic E-state index is 4.48. The lowest BCUT2D eigenvalue weighted by atomic mass is 10.1. The second-order valence-corrected chi connectivity index (χ2v) is 7.34. The Labute approximate surface area is 138 Å². The Morgan fingerprint density at radius 3 is 2.81 bits per heavy atom. The lowest BCUT2D eigenvalue weighted by Gasteiger charge is -2.11. The van der Waals surface area contributed by atoms with E-state index in [-0.39, 0.29) is 0 Å². The van der Waals surface area contributed by atoms with Crippen LogP contribution in [0, 0.1) is 0 Å². The number of halogens is 1. The molecule has 0 aliphatic heterocycles. The highest BCUT2D eigenvalue weighted by Crippen LogP contribution is 2.34. The monoisotopic (exact) mass is 365 g/mol. The van der Waals surface area contributed by atoms with Gasteiger partial charge in [-0.2, -0.15) is 0 Å². The molecule has 21 heavy (non-hydrogen) atoms. The van der Waals surface area contributed by atoms with Crippen molar-refractivity contribution >= 4 is 27.7 Å². The van der Waals surface area contributed by atoms with Crippen molar-refractivity contribution in [1.82, 2.24) is 14.8 Å². The zero-order valence-electron chi connectivity index (χ0n) is 12.3. The molecule has 0 amide bonds. The van der Waals surface area contributed by atoms with Crippen LogP contribution in [-0.2, 0) is 12.3 Å². The van der Waals surface area contributed by atoms with Crippen molar-refractivity contribution in [2.75, 3.05) is 0 Å². The molecule has 5 heteroatoms. The van der Waals surface area contributed by atoms with Crippen LogP contribution in [0.5, 0.6) is 0 Å². The van der Waals surface area contributed by atoms with E-state index in [0.717, 1.165) is 21.9 Å². The van der Waals surface area contributed by atoms with Crippen LogP contribution in [0.15, 0.2) is 33.9 Å². The third kappa shape index (κ3) is 3.51. The maximum atomic E-state index is 4.48. The standard InChI is InChI=1S/C16H20BrN3S/c1-2-20-15(13-7-3-4-8-13)18-19-16(20)21-11-12-6-5-9-14(17)10-12/h5-6,9-10,13H,2-4,7-8,11H2,1H3. The van der Waals surface area contributed by atoms with Crippen LogP contribution >= 0.6 is 27.7 Å². The molecule has 0 saturated heterocycles. The van der Waals surface area contributed by atoms with E-state index in [4.69, 9.17) is 0 Å². The minimum atomic E-state index is 0.623. The van der Waals surface area contributed by atoms with Gasteiger partial charge < -0.3 is 4.57 Å². The van der Waals surface area contributed by atoms with Crippen molar-refractivity contribution in [3.05, 3.63) is 40.1 Å². The second-order valence-electron chi connectivity index (χ2n) is 5.49. The number of aromatic nitrogens is 3. The van der Waals surface area contributed by atoms with Gasteiger partial charge in [-0.25, -0.2) is 0 Å². The Balaban J connectivity index is 1.73. The fourth-order valence-corrected chi connectivity index (χ4v) is 4.36. The Morgan fingerprint density at radius 1 is 1.29 bits per heavy atom. The normalized spacial score (nSPS) is 15.7. The van der Waals surface area contributed by atoms with Gasteiger partial charge in [0.2, 0.25) is 0 Å². The molecule has 1 aliphatic rings. The summed E-state index contributed by atoms with van der Waals surface area (Å²) >= 11 is 5.30. The van der Waals surface area contributed by atoms with Gasteiger partial charge in [-0.15, -0.1) is 10.2 Å². The molecular weight excluding hydrogens is 346 g/mol. The highest BCUT2D eigenvalue weighted by molar-refractivity contribution is 9.10. The van der Waals surface area contributed by atoms with E-state index in [9.17, 15) is 0 Å². The van der Waals surface area contributed by atoms with E-state index in [0.29, 0.717) is 5.92 Å². The van der Waals surface area contributed by atoms with Crippen molar-refractivity contribution in [3.8, 4) is 0 Å². The van der Waals surface area contributed by atoms with Crippen molar-refractivity contribution in [3.63, 3.8) is 0 Å². The van der Waals surface area contributed by atoms with Crippen LogP contribution in [0.1, 0.15) is 49.9 Å². The molecule has 0 unspecified atom stereocenters. The number of hydrogen-bond acceptors (Lipinski definition) is 3. The first-order valence-corrected chi connectivity index (χ1v) is 9.36. The van der Waals surface area contributed by atoms with Gasteiger partial charge in [0.05, 0.1) is 0 Å². The van der Waals surface area contributed by atoms with Gasteiger partial charge in [0, 0.05) is 22.7 Å². The predicted molar refractivity (Wildman–Crippen MR) is 90.6 cm³/mol. The predicted octanol–water partition coefficient (Wildman–Crippen LogP) is 5.01. The van der Waals surface area contributed by atoms with E-state index in [1.165, 1.54) is 37.1 Å². The van der Waals surface area contributed by atoms with Gasteiger partial charge in [-0.1, -0.05) is 52.7 Å². The number of rotatable bonds is 5. The van der Waals surface area contributed by atoms with Crippen molar-refractivity contribution in [2.24, 2.45) is 0 Å². The van der Waals surface area contributed by atoms with Gasteiger partial charge in [-0.05, 0) is 37.5 Å². The Morgan fingerprint density at radius 2 is 2.10 bits per heavy atom. The molecule has 1 fully saturated rings. The number of benzene rings is 1. The number of thioether (sulfide) groups is 1. The van der Waals surface area contributed by atoms with Gasteiger partial charge >= 0.3 is 0 Å². The Kier molecular flexibility index (Phi) is 5.01. The average molecular weight is 366 g/mol. The fraction of sp³-hybridized carbons (Fsp3) is 0.500. The fourth-order valence-electron chi connectivity index (χ4n) is 2.96. The molecule has 0 radical (unpaired) electrons. The first-order valence-electron chi connectivity index (χ1n) is 7.58. The summed E-state index contributed by atoms with van der Waals surface area (Å²) in [7, 11) is 0. The highest BCUT2D eigenvalue weighted by atomic mass is 79.9. The van der Waals surface area contributed by atoms with Gasteiger partial charge in [0.1, 0.15) is 5.82 Å². The summed E-state index contributed by atoms with van der Waals surface area (Å²) < 4.78 is 3.43. The molecule has 2 aromatic rings. The Bertz CT molecular complexity index is 605. The molecule has 0 bridgehead atoms. The molecule has 1 aromatic heterocycles. The smallest absolute Gasteiger partial charge is 0.191 e. The molecule has 3 rings (SSSR count). The first-order chi connectivity index (χ1) is 10.3. The summed E-state index contributed by atoms with van der Waals surface area (Å²) in [4.78, 5) is 0. The molecule has 1 heterocycles. The minimum absolute atomic E-state index is 0.623. The second kappa shape index (κ2) is 6.97. The minimum Gasteiger partial charge on any atom is -0.306 e. The molecule has 112 valence electrons. The first kappa shape index (κ1) is 15.1. The lowest BCUT2D eigenvalue weighted by Crippen LogP contribution is -2.06. The summed E-state index contributed by atoms with van der Waals surface area (Å²) in [6.45, 7) is 3.14. The van der Waals surface area contributed by atoms with Crippen LogP contribution in [0.3, 0.4) is 0 Å². The summed E-state index contributed by atoms with van der Waals surface area (Å²) in [5, 5.41) is 9.97. The van der Waals surface area contributed by atoms with E-state index in [2.05, 4.69) is 61.9 Å². The molecule has 0 atom stereocenters. The van der Waals surface area contributed by atoms with Gasteiger partial charge in [0.25, 0.3) is 0 Å². The molecular formula is C16H20BrN3S. The van der Waals surface area contributed by atoms with E-state index < -0.39 is 0 Å². The van der Waals surface area contributed by atoms with E-state index in [1.807, 2.05) is 0 Å². The summed E-state index contributed by atoms with van der Waals surface area (Å²) in [6, 6.07) is 8.45.